The van der Waals surface area contributed by atoms with E-state index in [0.717, 1.165) is 14.6 Å². The van der Waals surface area contributed by atoms with Gasteiger partial charge in [0.1, 0.15) is 5.75 Å². The molecule has 2 aromatic rings. The molecular weight excluding hydrogens is 400 g/mol. The first kappa shape index (κ1) is 15.9. The second kappa shape index (κ2) is 7.47. The lowest BCUT2D eigenvalue weighted by Crippen LogP contribution is -2.22. The number of halogens is 2. The lowest BCUT2D eigenvalue weighted by Gasteiger charge is -2.11. The number of nitrogens with one attached hydrogen (secondary N) is 2. The third-order valence-corrected chi connectivity index (χ3v) is 4.06. The summed E-state index contributed by atoms with van der Waals surface area (Å²) in [5.41, 5.74) is 1.55. The lowest BCUT2D eigenvalue weighted by molar-refractivity contribution is -0.114. The lowest BCUT2D eigenvalue weighted by atomic mass is 10.3. The van der Waals surface area contributed by atoms with Gasteiger partial charge in [-0.25, -0.2) is 0 Å². The van der Waals surface area contributed by atoms with Crippen LogP contribution in [0.15, 0.2) is 51.4 Å². The molecule has 0 radical (unpaired) electrons. The Balaban J connectivity index is 1.96. The van der Waals surface area contributed by atoms with Crippen molar-refractivity contribution in [2.24, 2.45) is 0 Å². The van der Waals surface area contributed by atoms with E-state index in [1.165, 1.54) is 0 Å². The van der Waals surface area contributed by atoms with E-state index >= 15 is 0 Å². The number of methoxy groups -OCH3 is 1. The summed E-state index contributed by atoms with van der Waals surface area (Å²) in [6.07, 6.45) is 0. The van der Waals surface area contributed by atoms with Crippen molar-refractivity contribution >= 4 is 49.1 Å². The van der Waals surface area contributed by atoms with Crippen LogP contribution in [0, 0.1) is 0 Å². The topological polar surface area (TPSA) is 50.4 Å². The molecule has 0 aromatic heterocycles. The number of hydrogen-bond donors (Lipinski definition) is 2. The van der Waals surface area contributed by atoms with Crippen molar-refractivity contribution in [1.82, 2.24) is 0 Å². The van der Waals surface area contributed by atoms with E-state index in [9.17, 15) is 4.79 Å². The molecule has 0 fully saturated rings. The summed E-state index contributed by atoms with van der Waals surface area (Å²) in [7, 11) is 1.59. The van der Waals surface area contributed by atoms with Gasteiger partial charge < -0.3 is 15.4 Å². The molecule has 21 heavy (non-hydrogen) atoms. The van der Waals surface area contributed by atoms with Crippen molar-refractivity contribution in [2.45, 2.75) is 0 Å². The van der Waals surface area contributed by atoms with Crippen LogP contribution in [-0.4, -0.2) is 19.6 Å². The van der Waals surface area contributed by atoms with Gasteiger partial charge >= 0.3 is 0 Å². The number of carbonyl (C=O) groups is 1. The Bertz CT molecular complexity index is 627. The van der Waals surface area contributed by atoms with Gasteiger partial charge in [0.15, 0.2) is 0 Å². The standard InChI is InChI=1S/C15H14Br2N2O2/c1-21-11-5-2-4-10(8-11)19-14(20)9-18-15-12(16)6-3-7-13(15)17/h2-8,18H,9H2,1H3,(H,19,20). The molecule has 0 heterocycles. The van der Waals surface area contributed by atoms with E-state index in [0.29, 0.717) is 11.4 Å². The molecule has 2 rings (SSSR count). The summed E-state index contributed by atoms with van der Waals surface area (Å²) in [4.78, 5) is 12.0. The van der Waals surface area contributed by atoms with Crippen molar-refractivity contribution in [3.8, 4) is 5.75 Å². The van der Waals surface area contributed by atoms with Crippen molar-refractivity contribution in [2.75, 3.05) is 24.3 Å². The number of benzene rings is 2. The van der Waals surface area contributed by atoms with Crippen LogP contribution in [0.1, 0.15) is 0 Å². The van der Waals surface area contributed by atoms with E-state index in [1.54, 1.807) is 13.2 Å². The number of rotatable bonds is 5. The van der Waals surface area contributed by atoms with Crippen molar-refractivity contribution in [3.63, 3.8) is 0 Å². The molecule has 0 saturated carbocycles. The Labute approximate surface area is 140 Å². The highest BCUT2D eigenvalue weighted by atomic mass is 79.9. The molecule has 0 aliphatic heterocycles. The minimum atomic E-state index is -0.133. The molecule has 0 spiro atoms. The quantitative estimate of drug-likeness (QED) is 0.769. The summed E-state index contributed by atoms with van der Waals surface area (Å²) in [6.45, 7) is 0.165. The van der Waals surface area contributed by atoms with Crippen LogP contribution in [-0.2, 0) is 4.79 Å². The first-order valence-corrected chi connectivity index (χ1v) is 7.80. The smallest absolute Gasteiger partial charge is 0.243 e. The van der Waals surface area contributed by atoms with E-state index in [1.807, 2.05) is 36.4 Å². The predicted molar refractivity (Wildman–Crippen MR) is 92.0 cm³/mol. The summed E-state index contributed by atoms with van der Waals surface area (Å²) in [5.74, 6) is 0.570. The monoisotopic (exact) mass is 412 g/mol. The Hall–Kier alpha value is -1.53. The Morgan fingerprint density at radius 3 is 2.48 bits per heavy atom. The van der Waals surface area contributed by atoms with Crippen LogP contribution < -0.4 is 15.4 Å². The van der Waals surface area contributed by atoms with Gasteiger partial charge in [-0.15, -0.1) is 0 Å². The summed E-state index contributed by atoms with van der Waals surface area (Å²) in [6, 6.07) is 13.0. The summed E-state index contributed by atoms with van der Waals surface area (Å²) < 4.78 is 6.91. The van der Waals surface area contributed by atoms with Gasteiger partial charge in [0.25, 0.3) is 0 Å². The molecule has 2 N–H and O–H groups in total. The van der Waals surface area contributed by atoms with Gasteiger partial charge in [-0.1, -0.05) is 12.1 Å². The Kier molecular flexibility index (Phi) is 5.64. The maximum Gasteiger partial charge on any atom is 0.243 e. The number of ether oxygens (including phenoxy) is 1. The van der Waals surface area contributed by atoms with E-state index in [4.69, 9.17) is 4.74 Å². The minimum Gasteiger partial charge on any atom is -0.497 e. The highest BCUT2D eigenvalue weighted by Crippen LogP contribution is 2.30. The number of amides is 1. The van der Waals surface area contributed by atoms with Crippen molar-refractivity contribution < 1.29 is 9.53 Å². The van der Waals surface area contributed by atoms with Crippen molar-refractivity contribution in [3.05, 3.63) is 51.4 Å². The van der Waals surface area contributed by atoms with Crippen molar-refractivity contribution in [1.29, 1.82) is 0 Å². The molecule has 0 unspecified atom stereocenters. The second-order valence-electron chi connectivity index (χ2n) is 4.23. The molecule has 0 atom stereocenters. The van der Waals surface area contributed by atoms with Crippen LogP contribution in [0.4, 0.5) is 11.4 Å². The van der Waals surface area contributed by atoms with Gasteiger partial charge in [-0.3, -0.25) is 4.79 Å². The number of carbonyl (C=O) groups excluding carboxylic acids is 1. The Morgan fingerprint density at radius 2 is 1.81 bits per heavy atom. The summed E-state index contributed by atoms with van der Waals surface area (Å²) in [5, 5.41) is 5.91. The third-order valence-electron chi connectivity index (χ3n) is 2.74. The molecule has 110 valence electrons. The molecule has 0 aliphatic carbocycles. The van der Waals surface area contributed by atoms with E-state index in [-0.39, 0.29) is 12.5 Å². The van der Waals surface area contributed by atoms with Crippen LogP contribution in [0.2, 0.25) is 0 Å². The van der Waals surface area contributed by atoms with Gasteiger partial charge in [0.2, 0.25) is 5.91 Å². The van der Waals surface area contributed by atoms with Crippen LogP contribution >= 0.6 is 31.9 Å². The maximum atomic E-state index is 12.0. The molecule has 1 amide bonds. The fourth-order valence-corrected chi connectivity index (χ4v) is 3.02. The molecule has 0 bridgehead atoms. The largest absolute Gasteiger partial charge is 0.497 e. The van der Waals surface area contributed by atoms with Crippen LogP contribution in [0.5, 0.6) is 5.75 Å². The van der Waals surface area contributed by atoms with E-state index < -0.39 is 0 Å². The maximum absolute atomic E-state index is 12.0. The third kappa shape index (κ3) is 4.47. The second-order valence-corrected chi connectivity index (χ2v) is 5.94. The zero-order valence-electron chi connectivity index (χ0n) is 11.3. The first-order chi connectivity index (χ1) is 10.1. The highest BCUT2D eigenvalue weighted by Gasteiger charge is 2.07. The first-order valence-electron chi connectivity index (χ1n) is 6.22. The fraction of sp³-hybridized carbons (Fsp3) is 0.133. The van der Waals surface area contributed by atoms with Crippen LogP contribution in [0.3, 0.4) is 0 Å². The number of hydrogen-bond acceptors (Lipinski definition) is 3. The zero-order chi connectivity index (χ0) is 15.2. The average molecular weight is 414 g/mol. The Morgan fingerprint density at radius 1 is 1.14 bits per heavy atom. The molecule has 6 heteroatoms. The van der Waals surface area contributed by atoms with Gasteiger partial charge in [-0.05, 0) is 56.1 Å². The van der Waals surface area contributed by atoms with E-state index in [2.05, 4.69) is 42.5 Å². The van der Waals surface area contributed by atoms with Gasteiger partial charge in [0, 0.05) is 20.7 Å². The minimum absolute atomic E-state index is 0.133. The molecule has 4 nitrogen and oxygen atoms in total. The SMILES string of the molecule is COc1cccc(NC(=O)CNc2c(Br)cccc2Br)c1. The average Bonchev–Trinajstić information content (AvgIpc) is 2.47. The fourth-order valence-electron chi connectivity index (χ4n) is 1.74. The molecule has 2 aromatic carbocycles. The normalized spacial score (nSPS) is 10.0. The molecule has 0 saturated heterocycles. The number of para-hydroxylation sites is 1. The zero-order valence-corrected chi connectivity index (χ0v) is 14.5. The summed E-state index contributed by atoms with van der Waals surface area (Å²) >= 11 is 6.88. The predicted octanol–water partition coefficient (Wildman–Crippen LogP) is 4.27. The van der Waals surface area contributed by atoms with Gasteiger partial charge in [0.05, 0.1) is 19.3 Å². The highest BCUT2D eigenvalue weighted by molar-refractivity contribution is 9.11. The number of anilines is 2. The van der Waals surface area contributed by atoms with Gasteiger partial charge in [-0.2, -0.15) is 0 Å². The van der Waals surface area contributed by atoms with Crippen LogP contribution in [0.25, 0.3) is 0 Å². The molecule has 0 aliphatic rings. The molecular formula is C15H14Br2N2O2.